The summed E-state index contributed by atoms with van der Waals surface area (Å²) in [6, 6.07) is 0. The third kappa shape index (κ3) is 1.52. The van der Waals surface area contributed by atoms with Gasteiger partial charge in [0.05, 0.1) is 11.4 Å². The predicted octanol–water partition coefficient (Wildman–Crippen LogP) is 0.218. The first-order chi connectivity index (χ1) is 6.54. The topological polar surface area (TPSA) is 78.0 Å². The van der Waals surface area contributed by atoms with Crippen molar-refractivity contribution in [3.05, 3.63) is 9.13 Å². The molecule has 0 aliphatic heterocycles. The van der Waals surface area contributed by atoms with E-state index in [-0.39, 0.29) is 0 Å². The van der Waals surface area contributed by atoms with Gasteiger partial charge in [-0.2, -0.15) is 0 Å². The Kier molecular flexibility index (Phi) is 3.20. The van der Waals surface area contributed by atoms with Crippen LogP contribution in [0.3, 0.4) is 0 Å². The smallest absolute Gasteiger partial charge is 0.232 e. The van der Waals surface area contributed by atoms with E-state index in [1.54, 1.807) is 7.05 Å². The van der Waals surface area contributed by atoms with Gasteiger partial charge in [-0.1, -0.05) is 0 Å². The molecule has 1 aromatic rings. The van der Waals surface area contributed by atoms with Crippen molar-refractivity contribution >= 4 is 52.1 Å². The molecule has 0 amide bonds. The Bertz CT molecular complexity index is 387. The molecule has 4 nitrogen and oxygen atoms in total. The van der Waals surface area contributed by atoms with Crippen molar-refractivity contribution in [2.45, 2.75) is 6.92 Å². The third-order valence-electron chi connectivity index (χ3n) is 2.18. The van der Waals surface area contributed by atoms with Gasteiger partial charge in [0.2, 0.25) is 5.69 Å². The summed E-state index contributed by atoms with van der Waals surface area (Å²) >= 11 is 2.18. The number of anilines is 3. The summed E-state index contributed by atoms with van der Waals surface area (Å²) in [5.74, 6) is 0. The second kappa shape index (κ2) is 4.04. The Balaban J connectivity index is 3.65. The van der Waals surface area contributed by atoms with Crippen LogP contribution in [0.2, 0.25) is 0 Å². The molecule has 0 saturated heterocycles. The van der Waals surface area contributed by atoms with Gasteiger partial charge in [0, 0.05) is 16.2 Å². The number of hydrogen-bond acceptors (Lipinski definition) is 3. The van der Waals surface area contributed by atoms with Crippen molar-refractivity contribution in [2.24, 2.45) is 0 Å². The van der Waals surface area contributed by atoms with Crippen LogP contribution in [0.4, 0.5) is 22.7 Å². The van der Waals surface area contributed by atoms with Crippen LogP contribution < -0.4 is 21.8 Å². The van der Waals surface area contributed by atoms with Crippen molar-refractivity contribution in [3.8, 4) is 0 Å². The highest BCUT2D eigenvalue weighted by atomic mass is 127. The van der Waals surface area contributed by atoms with Gasteiger partial charge < -0.3 is 16.8 Å². The minimum atomic E-state index is 0.564. The lowest BCUT2D eigenvalue weighted by atomic mass is 10.1. The molecule has 1 rings (SSSR count). The summed E-state index contributed by atoms with van der Waals surface area (Å²) in [5.41, 5.74) is 15.7. The zero-order chi connectivity index (χ0) is 10.9. The number of rotatable bonds is 2. The lowest BCUT2D eigenvalue weighted by Crippen LogP contribution is -2.59. The first-order valence-corrected chi connectivity index (χ1v) is 5.20. The molecule has 0 aromatic heterocycles. The molecule has 0 fully saturated rings. The molecule has 14 heavy (non-hydrogen) atoms. The van der Waals surface area contributed by atoms with E-state index in [0.717, 1.165) is 20.5 Å². The van der Waals surface area contributed by atoms with Gasteiger partial charge in [0.15, 0.2) is 0 Å². The van der Waals surface area contributed by atoms with Crippen LogP contribution in [0.25, 0.3) is 0 Å². The monoisotopic (exact) mass is 305 g/mol. The summed E-state index contributed by atoms with van der Waals surface area (Å²) in [4.78, 5) is 2.87. The van der Waals surface area contributed by atoms with Gasteiger partial charge in [-0.3, -0.25) is 0 Å². The molecule has 6 N–H and O–H groups in total. The van der Waals surface area contributed by atoms with Gasteiger partial charge in [-0.25, -0.2) is 4.99 Å². The van der Waals surface area contributed by atoms with Crippen molar-refractivity contribution in [1.29, 1.82) is 0 Å². The number of nitrogens with two attached hydrogens (primary N) is 2. The Morgan fingerprint density at radius 1 is 1.36 bits per heavy atom. The first-order valence-electron chi connectivity index (χ1n) is 4.12. The van der Waals surface area contributed by atoms with E-state index >= 15 is 0 Å². The van der Waals surface area contributed by atoms with E-state index in [1.807, 2.05) is 6.92 Å². The van der Waals surface area contributed by atoms with Gasteiger partial charge in [0.1, 0.15) is 12.4 Å². The maximum Gasteiger partial charge on any atom is 0.232 e. The molecule has 1 aromatic carbocycles. The normalized spacial score (nSPS) is 9.93. The average molecular weight is 305 g/mol. The maximum atomic E-state index is 5.88. The van der Waals surface area contributed by atoms with Crippen LogP contribution >= 0.6 is 22.6 Å². The Hall–Kier alpha value is -0.980. The fourth-order valence-corrected chi connectivity index (χ4v) is 1.93. The zero-order valence-corrected chi connectivity index (χ0v) is 10.4. The summed E-state index contributed by atoms with van der Waals surface area (Å²) in [6.07, 6.45) is 0. The molecule has 0 aliphatic rings. The number of hydrogen-bond donors (Lipinski definition) is 4. The van der Waals surface area contributed by atoms with Crippen molar-refractivity contribution in [2.75, 3.05) is 23.8 Å². The molecular weight excluding hydrogens is 291 g/mol. The molecule has 0 saturated carbocycles. The maximum absolute atomic E-state index is 5.88. The second-order valence-electron chi connectivity index (χ2n) is 2.94. The SMILES string of the molecule is C=[NH+]c1c(C)c(I)c(N)c(N)c1NC. The molecule has 0 unspecified atom stereocenters. The molecule has 5 heteroatoms. The average Bonchev–Trinajstić information content (AvgIpc) is 2.20. The summed E-state index contributed by atoms with van der Waals surface area (Å²) in [7, 11) is 1.80. The Morgan fingerprint density at radius 3 is 2.36 bits per heavy atom. The van der Waals surface area contributed by atoms with Crippen LogP contribution in [0, 0.1) is 10.5 Å². The molecule has 0 radical (unpaired) electrons. The van der Waals surface area contributed by atoms with Crippen LogP contribution in [-0.2, 0) is 0 Å². The summed E-state index contributed by atoms with van der Waals surface area (Å²) in [5, 5.41) is 3.01. The molecule has 76 valence electrons. The standard InChI is InChI=1S/C9H13IN4/c1-4-5(10)6(11)7(12)9(14-3)8(4)13-2/h14H,2,11-12H2,1,3H3/p+1. The molecule has 0 spiro atoms. The van der Waals surface area contributed by atoms with E-state index in [9.17, 15) is 0 Å². The quantitative estimate of drug-likeness (QED) is 0.358. The lowest BCUT2D eigenvalue weighted by molar-refractivity contribution is -0.341. The Labute approximate surface area is 96.9 Å². The highest BCUT2D eigenvalue weighted by Gasteiger charge is 2.19. The van der Waals surface area contributed by atoms with E-state index in [0.29, 0.717) is 11.4 Å². The summed E-state index contributed by atoms with van der Waals surface area (Å²) in [6.45, 7) is 5.63. The summed E-state index contributed by atoms with van der Waals surface area (Å²) < 4.78 is 0.963. The molecule has 0 atom stereocenters. The van der Waals surface area contributed by atoms with E-state index in [2.05, 4.69) is 39.6 Å². The zero-order valence-electron chi connectivity index (χ0n) is 8.24. The molecule has 0 bridgehead atoms. The molecule has 0 heterocycles. The van der Waals surface area contributed by atoms with Crippen LogP contribution in [0.5, 0.6) is 0 Å². The molecular formula is C9H14IN4+. The highest BCUT2D eigenvalue weighted by Crippen LogP contribution is 2.37. The molecule has 0 aliphatic carbocycles. The number of nitrogen functional groups attached to an aromatic ring is 2. The van der Waals surface area contributed by atoms with Crippen LogP contribution in [0.15, 0.2) is 0 Å². The fraction of sp³-hybridized carbons (Fsp3) is 0.222. The third-order valence-corrected chi connectivity index (χ3v) is 3.57. The minimum absolute atomic E-state index is 0.564. The van der Waals surface area contributed by atoms with Gasteiger partial charge >= 0.3 is 0 Å². The predicted molar refractivity (Wildman–Crippen MR) is 70.0 cm³/mol. The van der Waals surface area contributed by atoms with Gasteiger partial charge in [-0.05, 0) is 29.5 Å². The second-order valence-corrected chi connectivity index (χ2v) is 4.02. The number of halogens is 1. The van der Waals surface area contributed by atoms with Crippen molar-refractivity contribution in [3.63, 3.8) is 0 Å². The van der Waals surface area contributed by atoms with Crippen LogP contribution in [0.1, 0.15) is 5.56 Å². The highest BCUT2D eigenvalue weighted by molar-refractivity contribution is 14.1. The number of nitrogens with one attached hydrogen (secondary N) is 2. The van der Waals surface area contributed by atoms with Gasteiger partial charge in [0.25, 0.3) is 0 Å². The fourth-order valence-electron chi connectivity index (χ4n) is 1.37. The van der Waals surface area contributed by atoms with Crippen molar-refractivity contribution in [1.82, 2.24) is 0 Å². The van der Waals surface area contributed by atoms with E-state index < -0.39 is 0 Å². The minimum Gasteiger partial charge on any atom is -0.396 e. The van der Waals surface area contributed by atoms with E-state index in [4.69, 9.17) is 11.5 Å². The van der Waals surface area contributed by atoms with Crippen molar-refractivity contribution < 1.29 is 4.99 Å². The Morgan fingerprint density at radius 2 is 1.93 bits per heavy atom. The largest absolute Gasteiger partial charge is 0.396 e. The van der Waals surface area contributed by atoms with E-state index in [1.165, 1.54) is 0 Å². The van der Waals surface area contributed by atoms with Crippen LogP contribution in [-0.4, -0.2) is 13.8 Å². The first kappa shape index (κ1) is 11.1. The lowest BCUT2D eigenvalue weighted by Gasteiger charge is -2.12. The number of benzene rings is 1. The van der Waals surface area contributed by atoms with Gasteiger partial charge in [-0.15, -0.1) is 0 Å².